The van der Waals surface area contributed by atoms with E-state index in [-0.39, 0.29) is 11.9 Å². The molecule has 1 atom stereocenters. The minimum Gasteiger partial charge on any atom is -0.336 e. The van der Waals surface area contributed by atoms with Crippen molar-refractivity contribution in [3.63, 3.8) is 0 Å². The second-order valence-corrected chi connectivity index (χ2v) is 5.24. The zero-order chi connectivity index (χ0) is 12.4. The Morgan fingerprint density at radius 3 is 2.82 bits per heavy atom. The van der Waals surface area contributed by atoms with Crippen LogP contribution < -0.4 is 5.32 Å². The molecule has 1 amide bonds. The molecule has 2 rings (SSSR count). The van der Waals surface area contributed by atoms with Gasteiger partial charge in [-0.3, -0.25) is 4.79 Å². The van der Waals surface area contributed by atoms with E-state index in [9.17, 15) is 4.79 Å². The number of benzene rings is 1. The Bertz CT molecular complexity index is 489. The van der Waals surface area contributed by atoms with E-state index in [4.69, 9.17) is 5.26 Å². The minimum atomic E-state index is -0.345. The zero-order valence-electron chi connectivity index (χ0n) is 9.53. The first kappa shape index (κ1) is 12.1. The number of nitrogens with zero attached hydrogens (tertiary/aromatic N) is 1. The highest BCUT2D eigenvalue weighted by molar-refractivity contribution is 9.10. The summed E-state index contributed by atoms with van der Waals surface area (Å²) in [5, 5.41) is 11.7. The average Bonchev–Trinajstić information content (AvgIpc) is 3.13. The van der Waals surface area contributed by atoms with E-state index in [0.29, 0.717) is 11.5 Å². The summed E-state index contributed by atoms with van der Waals surface area (Å²) in [4.78, 5) is 11.9. The summed E-state index contributed by atoms with van der Waals surface area (Å²) in [5.41, 5.74) is 1.67. The molecular weight excluding hydrogens is 280 g/mol. The van der Waals surface area contributed by atoms with Crippen LogP contribution in [0.1, 0.15) is 28.8 Å². The van der Waals surface area contributed by atoms with Crippen molar-refractivity contribution >= 4 is 21.8 Å². The maximum absolute atomic E-state index is 11.9. The molecule has 0 unspecified atom stereocenters. The van der Waals surface area contributed by atoms with Gasteiger partial charge in [-0.15, -0.1) is 0 Å². The zero-order valence-corrected chi connectivity index (χ0v) is 11.1. The number of halogens is 1. The maximum atomic E-state index is 11.9. The monoisotopic (exact) mass is 292 g/mol. The Labute approximate surface area is 109 Å². The number of amides is 1. The lowest BCUT2D eigenvalue weighted by atomic mass is 10.1. The summed E-state index contributed by atoms with van der Waals surface area (Å²) in [7, 11) is 0. The lowest BCUT2D eigenvalue weighted by Crippen LogP contribution is -2.35. The Hall–Kier alpha value is -1.34. The van der Waals surface area contributed by atoms with E-state index in [2.05, 4.69) is 27.3 Å². The van der Waals surface area contributed by atoms with Gasteiger partial charge in [0.2, 0.25) is 0 Å². The molecule has 88 valence electrons. The number of rotatable bonds is 3. The average molecular weight is 293 g/mol. The third-order valence-corrected chi connectivity index (χ3v) is 3.81. The number of aryl methyl sites for hydroxylation is 1. The van der Waals surface area contributed by atoms with E-state index in [0.717, 1.165) is 22.9 Å². The van der Waals surface area contributed by atoms with Gasteiger partial charge in [0.25, 0.3) is 5.91 Å². The fourth-order valence-electron chi connectivity index (χ4n) is 1.64. The molecule has 1 saturated carbocycles. The van der Waals surface area contributed by atoms with Crippen LogP contribution in [-0.4, -0.2) is 11.9 Å². The van der Waals surface area contributed by atoms with Crippen molar-refractivity contribution < 1.29 is 4.79 Å². The first-order valence-electron chi connectivity index (χ1n) is 5.58. The molecule has 1 aliphatic rings. The molecule has 1 aromatic rings. The molecule has 0 spiro atoms. The molecule has 0 bridgehead atoms. The largest absolute Gasteiger partial charge is 0.336 e. The van der Waals surface area contributed by atoms with Gasteiger partial charge in [0.15, 0.2) is 0 Å². The quantitative estimate of drug-likeness (QED) is 0.931. The summed E-state index contributed by atoms with van der Waals surface area (Å²) in [6.45, 7) is 1.97. The van der Waals surface area contributed by atoms with Crippen molar-refractivity contribution in [1.29, 1.82) is 5.26 Å². The van der Waals surface area contributed by atoms with E-state index in [1.54, 1.807) is 12.1 Å². The number of nitriles is 1. The third-order valence-electron chi connectivity index (χ3n) is 2.95. The smallest absolute Gasteiger partial charge is 0.252 e. The normalized spacial score (nSPS) is 16.1. The Morgan fingerprint density at radius 1 is 1.59 bits per heavy atom. The first-order chi connectivity index (χ1) is 8.11. The predicted molar refractivity (Wildman–Crippen MR) is 68.5 cm³/mol. The second-order valence-electron chi connectivity index (χ2n) is 4.38. The first-order valence-corrected chi connectivity index (χ1v) is 6.37. The van der Waals surface area contributed by atoms with Crippen molar-refractivity contribution in [1.82, 2.24) is 5.32 Å². The van der Waals surface area contributed by atoms with E-state index >= 15 is 0 Å². The molecule has 1 fully saturated rings. The second kappa shape index (κ2) is 4.89. The molecule has 0 aromatic heterocycles. The fraction of sp³-hybridized carbons (Fsp3) is 0.385. The standard InChI is InChI=1S/C13H13BrN2O/c1-8-2-3-10(6-11(8)14)13(17)16-12(7-15)9-4-5-9/h2-3,6,9,12H,4-5H2,1H3,(H,16,17)/t12-/m0/s1. The van der Waals surface area contributed by atoms with Crippen LogP contribution in [-0.2, 0) is 0 Å². The molecule has 0 aliphatic heterocycles. The van der Waals surface area contributed by atoms with Gasteiger partial charge in [-0.2, -0.15) is 5.26 Å². The van der Waals surface area contributed by atoms with Gasteiger partial charge in [0.1, 0.15) is 6.04 Å². The molecule has 1 aliphatic carbocycles. The summed E-state index contributed by atoms with van der Waals surface area (Å²) in [6.07, 6.45) is 2.08. The minimum absolute atomic E-state index is 0.177. The number of hydrogen-bond donors (Lipinski definition) is 1. The van der Waals surface area contributed by atoms with Crippen molar-refractivity contribution in [3.05, 3.63) is 33.8 Å². The molecule has 3 nitrogen and oxygen atoms in total. The Kier molecular flexibility index (Phi) is 3.49. The maximum Gasteiger partial charge on any atom is 0.252 e. The Morgan fingerprint density at radius 2 is 2.29 bits per heavy atom. The number of carbonyl (C=O) groups is 1. The molecule has 1 aromatic carbocycles. The molecule has 4 heteroatoms. The van der Waals surface area contributed by atoms with Gasteiger partial charge in [-0.1, -0.05) is 22.0 Å². The highest BCUT2D eigenvalue weighted by atomic mass is 79.9. The van der Waals surface area contributed by atoms with E-state index < -0.39 is 0 Å². The molecule has 1 N–H and O–H groups in total. The summed E-state index contributed by atoms with van der Waals surface area (Å²) in [5.74, 6) is 0.169. The summed E-state index contributed by atoms with van der Waals surface area (Å²) >= 11 is 3.39. The lowest BCUT2D eigenvalue weighted by Gasteiger charge is -2.10. The van der Waals surface area contributed by atoms with Crippen LogP contribution in [0.2, 0.25) is 0 Å². The van der Waals surface area contributed by atoms with Crippen LogP contribution >= 0.6 is 15.9 Å². The highest BCUT2D eigenvalue weighted by Crippen LogP contribution is 2.32. The highest BCUT2D eigenvalue weighted by Gasteiger charge is 2.32. The number of nitrogens with one attached hydrogen (secondary N) is 1. The van der Waals surface area contributed by atoms with Crippen LogP contribution in [0.3, 0.4) is 0 Å². The molecule has 0 saturated heterocycles. The fourth-order valence-corrected chi connectivity index (χ4v) is 2.02. The summed E-state index contributed by atoms with van der Waals surface area (Å²) in [6, 6.07) is 7.25. The van der Waals surface area contributed by atoms with Crippen LogP contribution in [0.5, 0.6) is 0 Å². The topological polar surface area (TPSA) is 52.9 Å². The van der Waals surface area contributed by atoms with Gasteiger partial charge in [0, 0.05) is 10.0 Å². The van der Waals surface area contributed by atoms with Crippen LogP contribution in [0, 0.1) is 24.2 Å². The van der Waals surface area contributed by atoms with Gasteiger partial charge in [0.05, 0.1) is 6.07 Å². The SMILES string of the molecule is Cc1ccc(C(=O)N[C@@H](C#N)C2CC2)cc1Br. The van der Waals surface area contributed by atoms with Gasteiger partial charge >= 0.3 is 0 Å². The van der Waals surface area contributed by atoms with Crippen molar-refractivity contribution in [2.45, 2.75) is 25.8 Å². The van der Waals surface area contributed by atoms with E-state index in [1.807, 2.05) is 13.0 Å². The van der Waals surface area contributed by atoms with Crippen molar-refractivity contribution in [3.8, 4) is 6.07 Å². The number of carbonyl (C=O) groups excluding carboxylic acids is 1. The molecule has 0 radical (unpaired) electrons. The van der Waals surface area contributed by atoms with Gasteiger partial charge in [-0.25, -0.2) is 0 Å². The number of hydrogen-bond acceptors (Lipinski definition) is 2. The molecule has 0 heterocycles. The summed E-state index contributed by atoms with van der Waals surface area (Å²) < 4.78 is 0.907. The predicted octanol–water partition coefficient (Wildman–Crippen LogP) is 2.79. The van der Waals surface area contributed by atoms with Crippen molar-refractivity contribution in [2.75, 3.05) is 0 Å². The molecule has 17 heavy (non-hydrogen) atoms. The van der Waals surface area contributed by atoms with E-state index in [1.165, 1.54) is 0 Å². The van der Waals surface area contributed by atoms with Gasteiger partial charge in [-0.05, 0) is 43.4 Å². The van der Waals surface area contributed by atoms with Gasteiger partial charge < -0.3 is 5.32 Å². The van der Waals surface area contributed by atoms with Crippen LogP contribution in [0.4, 0.5) is 0 Å². The van der Waals surface area contributed by atoms with Crippen LogP contribution in [0.15, 0.2) is 22.7 Å². The molecular formula is C13H13BrN2O. The van der Waals surface area contributed by atoms with Crippen molar-refractivity contribution in [2.24, 2.45) is 5.92 Å². The lowest BCUT2D eigenvalue weighted by molar-refractivity contribution is 0.0942. The Balaban J connectivity index is 2.08. The van der Waals surface area contributed by atoms with Crippen LogP contribution in [0.25, 0.3) is 0 Å². The third kappa shape index (κ3) is 2.86.